The summed E-state index contributed by atoms with van der Waals surface area (Å²) in [4.78, 5) is 12.9. The second-order valence-corrected chi connectivity index (χ2v) is 9.39. The standard InChI is InChI=1S/C24H23ClN4O4/c1-23(2)32-19-22(29-10-8-16-20(25)27-13-28-21(16)29)31-18(24(19,3)33-23)12-30-15-7-6-14-5-4-9-26-17(14)11-15/h4-11,13,18-19,22H,12H2,1-3H3/t18-,19+,22?,24-/m1/s1. The Morgan fingerprint density at radius 1 is 1.12 bits per heavy atom. The lowest BCUT2D eigenvalue weighted by molar-refractivity contribution is -0.213. The second kappa shape index (κ2) is 7.36. The predicted molar refractivity (Wildman–Crippen MR) is 122 cm³/mol. The van der Waals surface area contributed by atoms with E-state index in [-0.39, 0.29) is 18.8 Å². The van der Waals surface area contributed by atoms with Gasteiger partial charge >= 0.3 is 0 Å². The van der Waals surface area contributed by atoms with Gasteiger partial charge in [0.2, 0.25) is 0 Å². The summed E-state index contributed by atoms with van der Waals surface area (Å²) < 4.78 is 27.3. The zero-order valence-corrected chi connectivity index (χ0v) is 19.2. The molecule has 5 heterocycles. The van der Waals surface area contributed by atoms with Crippen LogP contribution < -0.4 is 4.74 Å². The average molecular weight is 467 g/mol. The van der Waals surface area contributed by atoms with Crippen LogP contribution >= 0.6 is 11.6 Å². The molecule has 1 aromatic carbocycles. The van der Waals surface area contributed by atoms with Crippen molar-refractivity contribution in [3.8, 4) is 5.75 Å². The van der Waals surface area contributed by atoms with Crippen molar-refractivity contribution in [2.45, 2.75) is 50.6 Å². The number of nitrogens with zero attached hydrogens (tertiary/aromatic N) is 4. The van der Waals surface area contributed by atoms with Gasteiger partial charge in [0.25, 0.3) is 0 Å². The van der Waals surface area contributed by atoms with Crippen LogP contribution in [0.1, 0.15) is 27.0 Å². The minimum atomic E-state index is -0.762. The number of hydrogen-bond acceptors (Lipinski definition) is 7. The summed E-state index contributed by atoms with van der Waals surface area (Å²) in [5.41, 5.74) is 0.829. The smallest absolute Gasteiger partial charge is 0.165 e. The third kappa shape index (κ3) is 3.36. The summed E-state index contributed by atoms with van der Waals surface area (Å²) in [6, 6.07) is 11.7. The van der Waals surface area contributed by atoms with Gasteiger partial charge in [0.05, 0.1) is 10.9 Å². The highest BCUT2D eigenvalue weighted by atomic mass is 35.5. The van der Waals surface area contributed by atoms with Crippen molar-refractivity contribution in [1.82, 2.24) is 19.5 Å². The van der Waals surface area contributed by atoms with Crippen LogP contribution in [0.25, 0.3) is 21.9 Å². The molecular formula is C24H23ClN4O4. The fourth-order valence-electron chi connectivity index (χ4n) is 4.87. The van der Waals surface area contributed by atoms with Crippen molar-refractivity contribution in [2.24, 2.45) is 0 Å². The third-order valence-electron chi connectivity index (χ3n) is 6.36. The third-order valence-corrected chi connectivity index (χ3v) is 6.66. The number of fused-ring (bicyclic) bond motifs is 3. The van der Waals surface area contributed by atoms with Gasteiger partial charge in [-0.1, -0.05) is 17.7 Å². The lowest BCUT2D eigenvalue weighted by atomic mass is 9.95. The molecule has 6 rings (SSSR count). The van der Waals surface area contributed by atoms with Gasteiger partial charge in [0.15, 0.2) is 12.0 Å². The largest absolute Gasteiger partial charge is 0.491 e. The van der Waals surface area contributed by atoms with Crippen LogP contribution in [0.15, 0.2) is 55.1 Å². The summed E-state index contributed by atoms with van der Waals surface area (Å²) in [5.74, 6) is -0.0418. The van der Waals surface area contributed by atoms with Gasteiger partial charge in [-0.15, -0.1) is 0 Å². The Balaban J connectivity index is 1.31. The van der Waals surface area contributed by atoms with E-state index < -0.39 is 17.6 Å². The Morgan fingerprint density at radius 2 is 2.00 bits per heavy atom. The maximum Gasteiger partial charge on any atom is 0.165 e. The van der Waals surface area contributed by atoms with Gasteiger partial charge in [-0.3, -0.25) is 4.98 Å². The van der Waals surface area contributed by atoms with Crippen molar-refractivity contribution < 1.29 is 18.9 Å². The maximum absolute atomic E-state index is 6.50. The number of benzene rings is 1. The summed E-state index contributed by atoms with van der Waals surface area (Å²) in [5, 5.41) is 2.21. The molecule has 2 aliphatic heterocycles. The highest BCUT2D eigenvalue weighted by molar-refractivity contribution is 6.33. The SMILES string of the molecule is CC1(C)O[C@H]2C(n3ccc4c(Cl)ncnc43)O[C@H](COc3ccc4cccnc4c3)[C@@]2(C)O1. The molecule has 2 saturated heterocycles. The summed E-state index contributed by atoms with van der Waals surface area (Å²) in [6.07, 6.45) is 3.88. The van der Waals surface area contributed by atoms with Crippen LogP contribution in [-0.4, -0.2) is 49.7 Å². The van der Waals surface area contributed by atoms with Gasteiger partial charge < -0.3 is 23.5 Å². The summed E-state index contributed by atoms with van der Waals surface area (Å²) in [6.45, 7) is 6.12. The first-order valence-electron chi connectivity index (χ1n) is 10.8. The normalized spacial score (nSPS) is 28.4. The fraction of sp³-hybridized carbons (Fsp3) is 0.375. The number of aromatic nitrogens is 4. The van der Waals surface area contributed by atoms with Crippen molar-refractivity contribution >= 4 is 33.5 Å². The molecule has 4 atom stereocenters. The minimum Gasteiger partial charge on any atom is -0.491 e. The van der Waals surface area contributed by atoms with Crippen LogP contribution in [0.2, 0.25) is 5.15 Å². The molecule has 1 unspecified atom stereocenters. The van der Waals surface area contributed by atoms with E-state index in [1.165, 1.54) is 6.33 Å². The number of hydrogen-bond donors (Lipinski definition) is 0. The Morgan fingerprint density at radius 3 is 2.88 bits per heavy atom. The molecule has 4 aromatic rings. The molecule has 0 bridgehead atoms. The fourth-order valence-corrected chi connectivity index (χ4v) is 5.06. The van der Waals surface area contributed by atoms with Crippen LogP contribution in [-0.2, 0) is 14.2 Å². The highest BCUT2D eigenvalue weighted by Crippen LogP contribution is 2.50. The molecule has 0 N–H and O–H groups in total. The van der Waals surface area contributed by atoms with Gasteiger partial charge in [-0.2, -0.15) is 0 Å². The maximum atomic E-state index is 6.50. The molecule has 8 nitrogen and oxygen atoms in total. The van der Waals surface area contributed by atoms with E-state index >= 15 is 0 Å². The van der Waals surface area contributed by atoms with Crippen LogP contribution in [0.3, 0.4) is 0 Å². The molecule has 0 amide bonds. The molecule has 0 radical (unpaired) electrons. The average Bonchev–Trinajstić information content (AvgIpc) is 3.40. The van der Waals surface area contributed by atoms with Gasteiger partial charge in [-0.25, -0.2) is 9.97 Å². The molecular weight excluding hydrogens is 444 g/mol. The Kier molecular flexibility index (Phi) is 4.64. The molecule has 0 aliphatic carbocycles. The zero-order valence-electron chi connectivity index (χ0n) is 18.4. The van der Waals surface area contributed by atoms with E-state index in [2.05, 4.69) is 15.0 Å². The molecule has 2 fully saturated rings. The second-order valence-electron chi connectivity index (χ2n) is 9.03. The molecule has 33 heavy (non-hydrogen) atoms. The Bertz CT molecular complexity index is 1360. The highest BCUT2D eigenvalue weighted by Gasteiger charge is 2.64. The van der Waals surface area contributed by atoms with Gasteiger partial charge in [-0.05, 0) is 45.0 Å². The lowest BCUT2D eigenvalue weighted by Gasteiger charge is -2.29. The van der Waals surface area contributed by atoms with Crippen molar-refractivity contribution in [3.63, 3.8) is 0 Å². The van der Waals surface area contributed by atoms with Crippen molar-refractivity contribution in [1.29, 1.82) is 0 Å². The number of rotatable bonds is 4. The molecule has 3 aromatic heterocycles. The van der Waals surface area contributed by atoms with E-state index in [4.69, 9.17) is 30.5 Å². The Hall–Kier alpha value is -2.78. The monoisotopic (exact) mass is 466 g/mol. The van der Waals surface area contributed by atoms with Gasteiger partial charge in [0.1, 0.15) is 47.3 Å². The number of ether oxygens (including phenoxy) is 4. The summed E-state index contributed by atoms with van der Waals surface area (Å²) >= 11 is 6.26. The van der Waals surface area contributed by atoms with Crippen LogP contribution in [0.4, 0.5) is 0 Å². The number of pyridine rings is 1. The first kappa shape index (κ1) is 20.8. The summed E-state index contributed by atoms with van der Waals surface area (Å²) in [7, 11) is 0. The van der Waals surface area contributed by atoms with E-state index in [0.29, 0.717) is 10.8 Å². The van der Waals surface area contributed by atoms with Crippen LogP contribution in [0, 0.1) is 0 Å². The first-order valence-corrected chi connectivity index (χ1v) is 11.2. The predicted octanol–water partition coefficient (Wildman–Crippen LogP) is 4.52. The van der Waals surface area contributed by atoms with Gasteiger partial charge in [0, 0.05) is 23.8 Å². The Labute approximate surface area is 195 Å². The van der Waals surface area contributed by atoms with Crippen molar-refractivity contribution in [3.05, 3.63) is 60.3 Å². The van der Waals surface area contributed by atoms with E-state index in [1.807, 2.05) is 67.9 Å². The number of halogens is 1. The van der Waals surface area contributed by atoms with E-state index in [1.54, 1.807) is 6.20 Å². The molecule has 170 valence electrons. The van der Waals surface area contributed by atoms with E-state index in [0.717, 1.165) is 22.0 Å². The van der Waals surface area contributed by atoms with E-state index in [9.17, 15) is 0 Å². The molecule has 2 aliphatic rings. The molecule has 0 saturated carbocycles. The molecule has 0 spiro atoms. The minimum absolute atomic E-state index is 0.288. The first-order chi connectivity index (χ1) is 15.8. The van der Waals surface area contributed by atoms with Crippen molar-refractivity contribution in [2.75, 3.05) is 6.61 Å². The topological polar surface area (TPSA) is 80.5 Å². The molecule has 9 heteroatoms. The quantitative estimate of drug-likeness (QED) is 0.409. The van der Waals surface area contributed by atoms with Crippen LogP contribution in [0.5, 0.6) is 5.75 Å². The zero-order chi connectivity index (χ0) is 22.8. The lowest BCUT2D eigenvalue weighted by Crippen LogP contribution is -2.46.